The van der Waals surface area contributed by atoms with Crippen molar-refractivity contribution in [2.24, 2.45) is 5.41 Å². The average molecular weight is 176 g/mol. The minimum Gasteiger partial charge on any atom is -0.760 e. The van der Waals surface area contributed by atoms with Crippen LogP contribution in [-0.2, 0) is 11.3 Å². The minimum atomic E-state index is -2.00. The van der Waals surface area contributed by atoms with E-state index < -0.39 is 11.3 Å². The second-order valence-electron chi connectivity index (χ2n) is 3.81. The molecular weight excluding hydrogens is 162 g/mol. The maximum Gasteiger partial charge on any atom is 0.0209 e. The van der Waals surface area contributed by atoms with Crippen molar-refractivity contribution in [3.8, 4) is 0 Å². The number of hydrogen-bond acceptors (Lipinski definition) is 2. The Morgan fingerprint density at radius 3 is 2.18 bits per heavy atom. The molecule has 66 valence electrons. The van der Waals surface area contributed by atoms with E-state index in [1.807, 2.05) is 0 Å². The molecule has 0 bridgehead atoms. The zero-order chi connectivity index (χ0) is 8.48. The predicted octanol–water partition coefficient (Wildman–Crippen LogP) is 0.903. The summed E-state index contributed by atoms with van der Waals surface area (Å²) in [5.74, 6) is 0. The first-order valence-electron chi connectivity index (χ1n) is 3.86. The summed E-state index contributed by atoms with van der Waals surface area (Å²) in [5, 5.41) is 0. The first-order valence-corrected chi connectivity index (χ1v) is 4.89. The molecule has 0 aromatic heterocycles. The van der Waals surface area contributed by atoms with Crippen molar-refractivity contribution in [3.05, 3.63) is 0 Å². The van der Waals surface area contributed by atoms with Crippen LogP contribution in [0.1, 0.15) is 26.7 Å². The van der Waals surface area contributed by atoms with E-state index in [2.05, 4.69) is 13.8 Å². The average Bonchev–Trinajstić information content (AvgIpc) is 1.86. The van der Waals surface area contributed by atoms with Gasteiger partial charge in [-0.25, -0.2) is 4.31 Å². The van der Waals surface area contributed by atoms with Gasteiger partial charge in [0.2, 0.25) is 0 Å². The monoisotopic (exact) mass is 176 g/mol. The Hall–Kier alpha value is 0.0700. The standard InChI is InChI=1S/C7H15NO2S/c1-7(2)3-5-8(6-4-7)11(9)10/h3-6H2,1-2H3,(H,9,10)/p-1. The summed E-state index contributed by atoms with van der Waals surface area (Å²) in [6.45, 7) is 5.72. The third-order valence-corrected chi connectivity index (χ3v) is 3.07. The smallest absolute Gasteiger partial charge is 0.0209 e. The molecule has 1 aliphatic rings. The molecule has 0 amide bonds. The van der Waals surface area contributed by atoms with Crippen LogP contribution in [0.2, 0.25) is 0 Å². The van der Waals surface area contributed by atoms with Crippen LogP contribution >= 0.6 is 0 Å². The highest BCUT2D eigenvalue weighted by molar-refractivity contribution is 7.76. The SMILES string of the molecule is CC1(C)CCN(S(=O)[O-])CC1. The van der Waals surface area contributed by atoms with Gasteiger partial charge < -0.3 is 4.55 Å². The quantitative estimate of drug-likeness (QED) is 0.557. The third-order valence-electron chi connectivity index (χ3n) is 2.29. The highest BCUT2D eigenvalue weighted by Gasteiger charge is 2.25. The van der Waals surface area contributed by atoms with E-state index in [4.69, 9.17) is 0 Å². The molecule has 0 N–H and O–H groups in total. The lowest BCUT2D eigenvalue weighted by Crippen LogP contribution is -2.38. The second-order valence-corrected chi connectivity index (χ2v) is 4.76. The summed E-state index contributed by atoms with van der Waals surface area (Å²) < 4.78 is 22.5. The first-order chi connectivity index (χ1) is 5.01. The molecule has 1 rings (SSSR count). The molecule has 1 aliphatic heterocycles. The lowest BCUT2D eigenvalue weighted by Gasteiger charge is -2.37. The van der Waals surface area contributed by atoms with Gasteiger partial charge >= 0.3 is 0 Å². The van der Waals surface area contributed by atoms with Gasteiger partial charge in [0.05, 0.1) is 0 Å². The van der Waals surface area contributed by atoms with E-state index in [-0.39, 0.29) is 0 Å². The van der Waals surface area contributed by atoms with Crippen molar-refractivity contribution in [2.75, 3.05) is 13.1 Å². The number of nitrogens with zero attached hydrogens (tertiary/aromatic N) is 1. The fraction of sp³-hybridized carbons (Fsp3) is 1.00. The summed E-state index contributed by atoms with van der Waals surface area (Å²) in [4.78, 5) is 0. The maximum atomic E-state index is 10.5. The second kappa shape index (κ2) is 3.21. The van der Waals surface area contributed by atoms with Gasteiger partial charge in [-0.1, -0.05) is 13.8 Å². The largest absolute Gasteiger partial charge is 0.760 e. The Kier molecular flexibility index (Phi) is 2.67. The molecule has 1 unspecified atom stereocenters. The fourth-order valence-corrected chi connectivity index (χ4v) is 1.72. The van der Waals surface area contributed by atoms with Crippen LogP contribution in [0.3, 0.4) is 0 Å². The van der Waals surface area contributed by atoms with Crippen LogP contribution in [0.5, 0.6) is 0 Å². The zero-order valence-corrected chi connectivity index (χ0v) is 7.82. The van der Waals surface area contributed by atoms with Crippen molar-refractivity contribution in [1.82, 2.24) is 4.31 Å². The van der Waals surface area contributed by atoms with Crippen molar-refractivity contribution in [2.45, 2.75) is 26.7 Å². The van der Waals surface area contributed by atoms with Crippen LogP contribution in [0, 0.1) is 5.41 Å². The molecular formula is C7H14NO2S-. The van der Waals surface area contributed by atoms with Gasteiger partial charge in [-0.05, 0) is 18.3 Å². The first kappa shape index (κ1) is 9.16. The molecule has 4 heteroatoms. The maximum absolute atomic E-state index is 10.5. The summed E-state index contributed by atoms with van der Waals surface area (Å²) in [6, 6.07) is 0. The Balaban J connectivity index is 2.42. The van der Waals surface area contributed by atoms with Crippen molar-refractivity contribution >= 4 is 11.3 Å². The summed E-state index contributed by atoms with van der Waals surface area (Å²) in [5.41, 5.74) is 0.329. The van der Waals surface area contributed by atoms with Crippen molar-refractivity contribution in [3.63, 3.8) is 0 Å². The van der Waals surface area contributed by atoms with Gasteiger partial charge in [0, 0.05) is 24.4 Å². The van der Waals surface area contributed by atoms with Crippen LogP contribution in [0.15, 0.2) is 0 Å². The van der Waals surface area contributed by atoms with Crippen LogP contribution < -0.4 is 0 Å². The zero-order valence-electron chi connectivity index (χ0n) is 7.00. The van der Waals surface area contributed by atoms with E-state index in [1.54, 1.807) is 0 Å². The Morgan fingerprint density at radius 2 is 1.82 bits per heavy atom. The van der Waals surface area contributed by atoms with Crippen LogP contribution in [0.25, 0.3) is 0 Å². The molecule has 0 radical (unpaired) electrons. The van der Waals surface area contributed by atoms with Gasteiger partial charge in [0.15, 0.2) is 0 Å². The lowest BCUT2D eigenvalue weighted by atomic mass is 9.83. The van der Waals surface area contributed by atoms with Gasteiger partial charge in [-0.2, -0.15) is 0 Å². The van der Waals surface area contributed by atoms with Crippen LogP contribution in [0.4, 0.5) is 0 Å². The molecule has 3 nitrogen and oxygen atoms in total. The molecule has 1 heterocycles. The molecule has 1 atom stereocenters. The van der Waals surface area contributed by atoms with Gasteiger partial charge in [-0.3, -0.25) is 4.21 Å². The highest BCUT2D eigenvalue weighted by Crippen LogP contribution is 2.29. The molecule has 0 aromatic rings. The Labute approximate surface area is 70.2 Å². The highest BCUT2D eigenvalue weighted by atomic mass is 32.2. The van der Waals surface area contributed by atoms with E-state index >= 15 is 0 Å². The summed E-state index contributed by atoms with van der Waals surface area (Å²) in [7, 11) is 0. The third kappa shape index (κ3) is 2.54. The van der Waals surface area contributed by atoms with E-state index in [9.17, 15) is 8.76 Å². The predicted molar refractivity (Wildman–Crippen MR) is 43.5 cm³/mol. The molecule has 0 spiro atoms. The molecule has 0 saturated carbocycles. The lowest BCUT2D eigenvalue weighted by molar-refractivity contribution is 0.193. The van der Waals surface area contributed by atoms with Gasteiger partial charge in [0.1, 0.15) is 0 Å². The van der Waals surface area contributed by atoms with Crippen molar-refractivity contribution in [1.29, 1.82) is 0 Å². The number of hydrogen-bond donors (Lipinski definition) is 0. The fourth-order valence-electron chi connectivity index (χ4n) is 1.24. The summed E-state index contributed by atoms with van der Waals surface area (Å²) in [6.07, 6.45) is 1.95. The Bertz CT molecular complexity index is 160. The molecule has 11 heavy (non-hydrogen) atoms. The number of piperidine rings is 1. The molecule has 1 fully saturated rings. The van der Waals surface area contributed by atoms with E-state index in [1.165, 1.54) is 4.31 Å². The molecule has 1 saturated heterocycles. The molecule has 0 aliphatic carbocycles. The topological polar surface area (TPSA) is 43.4 Å². The number of rotatable bonds is 1. The minimum absolute atomic E-state index is 0.329. The normalized spacial score (nSPS) is 28.3. The van der Waals surface area contributed by atoms with Crippen LogP contribution in [-0.4, -0.2) is 26.2 Å². The molecule has 0 aromatic carbocycles. The van der Waals surface area contributed by atoms with Crippen molar-refractivity contribution < 1.29 is 8.76 Å². The van der Waals surface area contributed by atoms with E-state index in [0.717, 1.165) is 12.8 Å². The van der Waals surface area contributed by atoms with Gasteiger partial charge in [0.25, 0.3) is 0 Å². The van der Waals surface area contributed by atoms with Gasteiger partial charge in [-0.15, -0.1) is 0 Å². The van der Waals surface area contributed by atoms with E-state index in [0.29, 0.717) is 18.5 Å². The Morgan fingerprint density at radius 1 is 1.36 bits per heavy atom. The summed E-state index contributed by atoms with van der Waals surface area (Å²) >= 11 is -2.00.